The summed E-state index contributed by atoms with van der Waals surface area (Å²) in [6.45, 7) is 2.05. The fourth-order valence-corrected chi connectivity index (χ4v) is 3.77. The highest BCUT2D eigenvalue weighted by molar-refractivity contribution is 6.31. The topological polar surface area (TPSA) is 46.9 Å². The smallest absolute Gasteiger partial charge is 0.263 e. The van der Waals surface area contributed by atoms with E-state index in [-0.39, 0.29) is 11.7 Å². The van der Waals surface area contributed by atoms with Crippen molar-refractivity contribution in [2.24, 2.45) is 0 Å². The molecule has 0 aliphatic carbocycles. The first-order valence-electron chi connectivity index (χ1n) is 8.76. The lowest BCUT2D eigenvalue weighted by Gasteiger charge is -2.31. The lowest BCUT2D eigenvalue weighted by Crippen LogP contribution is -2.35. The predicted molar refractivity (Wildman–Crippen MR) is 109 cm³/mol. The molecule has 27 heavy (non-hydrogen) atoms. The van der Waals surface area contributed by atoms with Gasteiger partial charge in [-0.25, -0.2) is 4.98 Å². The van der Waals surface area contributed by atoms with E-state index in [1.54, 1.807) is 4.57 Å². The molecule has 1 N–H and O–H groups in total. The van der Waals surface area contributed by atoms with Crippen molar-refractivity contribution in [3.05, 3.63) is 93.2 Å². The van der Waals surface area contributed by atoms with Crippen molar-refractivity contribution in [1.29, 1.82) is 0 Å². The Hall–Kier alpha value is -3.11. The Morgan fingerprint density at radius 2 is 1.81 bits per heavy atom. The molecule has 1 aliphatic heterocycles. The summed E-state index contributed by atoms with van der Waals surface area (Å²) in [4.78, 5) is 18.2. The summed E-state index contributed by atoms with van der Waals surface area (Å²) in [5, 5.41) is 4.70. The molecule has 5 rings (SSSR count). The van der Waals surface area contributed by atoms with Gasteiger partial charge in [-0.2, -0.15) is 0 Å². The van der Waals surface area contributed by atoms with Crippen LogP contribution >= 0.6 is 11.6 Å². The number of anilines is 1. The fraction of sp³-hybridized carbons (Fsp3) is 0.0909. The molecule has 1 aliphatic rings. The molecule has 0 amide bonds. The molecule has 0 saturated heterocycles. The molecule has 4 aromatic rings. The molecule has 0 radical (unpaired) electrons. The van der Waals surface area contributed by atoms with E-state index in [0.29, 0.717) is 21.7 Å². The number of fused-ring (bicyclic) bond motifs is 4. The number of aromatic nitrogens is 2. The van der Waals surface area contributed by atoms with E-state index in [9.17, 15) is 4.79 Å². The number of rotatable bonds is 1. The minimum absolute atomic E-state index is 0.0701. The van der Waals surface area contributed by atoms with Gasteiger partial charge in [0.05, 0.1) is 10.9 Å². The summed E-state index contributed by atoms with van der Waals surface area (Å²) in [6, 6.07) is 21.2. The molecule has 0 spiro atoms. The Balaban J connectivity index is 1.86. The maximum absolute atomic E-state index is 13.4. The highest BCUT2D eigenvalue weighted by Gasteiger charge is 2.28. The van der Waals surface area contributed by atoms with Crippen molar-refractivity contribution >= 4 is 28.2 Å². The molecule has 0 saturated carbocycles. The van der Waals surface area contributed by atoms with E-state index >= 15 is 0 Å². The standard InChI is InChI=1S/C22H16ClN3O/c1-13-6-8-14(9-7-13)20-24-19-11-10-15(23)12-17(19)21-25-18-5-3-2-4-16(18)22(27)26(20)21/h2-12,20,24H,1H3. The number of halogens is 1. The van der Waals surface area contributed by atoms with Crippen molar-refractivity contribution in [2.75, 3.05) is 5.32 Å². The largest absolute Gasteiger partial charge is 0.360 e. The van der Waals surface area contributed by atoms with Gasteiger partial charge >= 0.3 is 0 Å². The van der Waals surface area contributed by atoms with Gasteiger partial charge in [0, 0.05) is 16.3 Å². The number of hydrogen-bond donors (Lipinski definition) is 1. The Labute approximate surface area is 161 Å². The molecule has 2 heterocycles. The zero-order valence-corrected chi connectivity index (χ0v) is 15.4. The molecular formula is C22H16ClN3O. The molecule has 1 aromatic heterocycles. The van der Waals surface area contributed by atoms with E-state index < -0.39 is 0 Å². The molecular weight excluding hydrogens is 358 g/mol. The van der Waals surface area contributed by atoms with E-state index in [4.69, 9.17) is 16.6 Å². The van der Waals surface area contributed by atoms with Crippen LogP contribution in [0.4, 0.5) is 5.69 Å². The number of para-hydroxylation sites is 1. The summed E-state index contributed by atoms with van der Waals surface area (Å²) < 4.78 is 1.73. The molecule has 1 atom stereocenters. The van der Waals surface area contributed by atoms with Crippen molar-refractivity contribution in [2.45, 2.75) is 13.1 Å². The van der Waals surface area contributed by atoms with Crippen molar-refractivity contribution < 1.29 is 0 Å². The number of nitrogens with zero attached hydrogens (tertiary/aromatic N) is 2. The van der Waals surface area contributed by atoms with Crippen LogP contribution in [0.25, 0.3) is 22.3 Å². The summed E-state index contributed by atoms with van der Waals surface area (Å²) in [6.07, 6.45) is -0.334. The van der Waals surface area contributed by atoms with Crippen LogP contribution in [0.15, 0.2) is 71.5 Å². The minimum Gasteiger partial charge on any atom is -0.360 e. The maximum Gasteiger partial charge on any atom is 0.263 e. The zero-order valence-electron chi connectivity index (χ0n) is 14.6. The first kappa shape index (κ1) is 16.1. The highest BCUT2D eigenvalue weighted by Crippen LogP contribution is 2.38. The van der Waals surface area contributed by atoms with Gasteiger partial charge in [0.2, 0.25) is 0 Å². The lowest BCUT2D eigenvalue weighted by atomic mass is 10.0. The summed E-state index contributed by atoms with van der Waals surface area (Å²) in [5.74, 6) is 0.625. The van der Waals surface area contributed by atoms with Crippen LogP contribution in [0, 0.1) is 6.92 Å². The van der Waals surface area contributed by atoms with Gasteiger partial charge in [0.15, 0.2) is 0 Å². The van der Waals surface area contributed by atoms with Crippen LogP contribution in [0.5, 0.6) is 0 Å². The Morgan fingerprint density at radius 3 is 2.63 bits per heavy atom. The first-order chi connectivity index (χ1) is 13.1. The van der Waals surface area contributed by atoms with Crippen molar-refractivity contribution in [3.8, 4) is 11.4 Å². The highest BCUT2D eigenvalue weighted by atomic mass is 35.5. The Morgan fingerprint density at radius 1 is 1.04 bits per heavy atom. The number of nitrogens with one attached hydrogen (secondary N) is 1. The van der Waals surface area contributed by atoms with Crippen LogP contribution in [0.3, 0.4) is 0 Å². The number of hydrogen-bond acceptors (Lipinski definition) is 3. The first-order valence-corrected chi connectivity index (χ1v) is 9.14. The summed E-state index contributed by atoms with van der Waals surface area (Å²) in [5.41, 5.74) is 4.52. The van der Waals surface area contributed by atoms with Crippen LogP contribution in [0.2, 0.25) is 5.02 Å². The molecule has 5 heteroatoms. The Kier molecular flexibility index (Phi) is 3.55. The second kappa shape index (κ2) is 5.96. The number of aryl methyl sites for hydroxylation is 1. The second-order valence-corrected chi connectivity index (χ2v) is 7.21. The minimum atomic E-state index is -0.334. The SMILES string of the molecule is Cc1ccc(C2Nc3ccc(Cl)cc3-c3nc4ccccc4c(=O)n32)cc1. The average molecular weight is 374 g/mol. The van der Waals surface area contributed by atoms with Crippen LogP contribution in [-0.2, 0) is 0 Å². The Bertz CT molecular complexity index is 1240. The van der Waals surface area contributed by atoms with Gasteiger partial charge in [0.1, 0.15) is 12.0 Å². The summed E-state index contributed by atoms with van der Waals surface area (Å²) in [7, 11) is 0. The zero-order chi connectivity index (χ0) is 18.5. The quantitative estimate of drug-likeness (QED) is 0.511. The molecule has 132 valence electrons. The third-order valence-corrected chi connectivity index (χ3v) is 5.21. The van der Waals surface area contributed by atoms with Gasteiger partial charge in [0.25, 0.3) is 5.56 Å². The van der Waals surface area contributed by atoms with Gasteiger partial charge in [-0.05, 0) is 42.8 Å². The average Bonchev–Trinajstić information content (AvgIpc) is 2.68. The molecule has 1 unspecified atom stereocenters. The monoisotopic (exact) mass is 373 g/mol. The second-order valence-electron chi connectivity index (χ2n) is 6.78. The molecule has 0 bridgehead atoms. The summed E-state index contributed by atoms with van der Waals surface area (Å²) >= 11 is 6.23. The third kappa shape index (κ3) is 2.53. The fourth-order valence-electron chi connectivity index (χ4n) is 3.60. The van der Waals surface area contributed by atoms with E-state index in [1.807, 2.05) is 73.7 Å². The van der Waals surface area contributed by atoms with Crippen LogP contribution < -0.4 is 10.9 Å². The van der Waals surface area contributed by atoms with E-state index in [1.165, 1.54) is 5.56 Å². The van der Waals surface area contributed by atoms with Gasteiger partial charge in [-0.15, -0.1) is 0 Å². The lowest BCUT2D eigenvalue weighted by molar-refractivity contribution is 0.620. The van der Waals surface area contributed by atoms with Gasteiger partial charge < -0.3 is 5.32 Å². The van der Waals surface area contributed by atoms with Crippen molar-refractivity contribution in [1.82, 2.24) is 9.55 Å². The third-order valence-electron chi connectivity index (χ3n) is 4.97. The molecule has 4 nitrogen and oxygen atoms in total. The normalized spacial score (nSPS) is 15.1. The van der Waals surface area contributed by atoms with E-state index in [2.05, 4.69) is 5.32 Å². The van der Waals surface area contributed by atoms with Crippen molar-refractivity contribution in [3.63, 3.8) is 0 Å². The predicted octanol–water partition coefficient (Wildman–Crippen LogP) is 5.00. The van der Waals surface area contributed by atoms with Gasteiger partial charge in [-0.3, -0.25) is 9.36 Å². The molecule has 3 aromatic carbocycles. The van der Waals surface area contributed by atoms with Crippen LogP contribution in [0.1, 0.15) is 17.3 Å². The number of benzene rings is 3. The van der Waals surface area contributed by atoms with Gasteiger partial charge in [-0.1, -0.05) is 53.6 Å². The van der Waals surface area contributed by atoms with E-state index in [0.717, 1.165) is 16.8 Å². The molecule has 0 fully saturated rings. The van der Waals surface area contributed by atoms with Crippen LogP contribution in [-0.4, -0.2) is 9.55 Å². The maximum atomic E-state index is 13.4.